The minimum Gasteiger partial charge on any atom is -0.0683 e. The third-order valence-electron chi connectivity index (χ3n) is 3.28. The number of hydrogen-bond acceptors (Lipinski definition) is 0. The Bertz CT molecular complexity index is 685. The molecule has 0 aliphatic rings. The molecule has 0 fully saturated rings. The van der Waals surface area contributed by atoms with Gasteiger partial charge in [-0.25, -0.2) is 0 Å². The third-order valence-corrected chi connectivity index (χ3v) is 3.28. The molecule has 29 heavy (non-hydrogen) atoms. The third kappa shape index (κ3) is 12.5. The monoisotopic (exact) mass is 390 g/mol. The molecule has 0 heterocycles. The van der Waals surface area contributed by atoms with Crippen molar-refractivity contribution in [3.05, 3.63) is 97.1 Å². The lowest BCUT2D eigenvalue weighted by Crippen LogP contribution is -1.74. The topological polar surface area (TPSA) is 0 Å². The van der Waals surface area contributed by atoms with Crippen molar-refractivity contribution < 1.29 is 0 Å². The van der Waals surface area contributed by atoms with Gasteiger partial charge in [-0.3, -0.25) is 0 Å². The van der Waals surface area contributed by atoms with E-state index < -0.39 is 0 Å². The van der Waals surface area contributed by atoms with Gasteiger partial charge in [0.25, 0.3) is 0 Å². The molecule has 0 N–H and O–H groups in total. The van der Waals surface area contributed by atoms with E-state index in [-0.39, 0.29) is 0 Å². The minimum absolute atomic E-state index is 1.25. The van der Waals surface area contributed by atoms with E-state index in [4.69, 9.17) is 0 Å². The number of benzene rings is 4. The standard InChI is InChI=1S/C14H10.C6H6.C3H8.3C2H6/c1-2-6-12-10-14-8-4-3-7-13(14)9-11(12)5-1;1-2-4-6-5-3-1;1-3-2;3*1-2/h1-10H;1-6H;3H2,1-2H3;3*1-2H3. The first-order valence-electron chi connectivity index (χ1n) is 11.2. The van der Waals surface area contributed by atoms with E-state index in [2.05, 4.69) is 74.5 Å². The Labute approximate surface area is 180 Å². The summed E-state index contributed by atoms with van der Waals surface area (Å²) in [6.45, 7) is 16.2. The molecule has 0 aromatic heterocycles. The van der Waals surface area contributed by atoms with E-state index in [1.807, 2.05) is 77.9 Å². The van der Waals surface area contributed by atoms with Crippen molar-refractivity contribution in [2.75, 3.05) is 0 Å². The molecule has 0 atom stereocenters. The maximum atomic E-state index is 2.24. The van der Waals surface area contributed by atoms with Crippen molar-refractivity contribution >= 4 is 21.5 Å². The quantitative estimate of drug-likeness (QED) is 0.262. The van der Waals surface area contributed by atoms with Crippen LogP contribution < -0.4 is 0 Å². The molecule has 0 saturated carbocycles. The maximum Gasteiger partial charge on any atom is -0.0178 e. The molecule has 0 heteroatoms. The van der Waals surface area contributed by atoms with Gasteiger partial charge in [0.05, 0.1) is 0 Å². The highest BCUT2D eigenvalue weighted by molar-refractivity contribution is 5.98. The van der Waals surface area contributed by atoms with Crippen molar-refractivity contribution in [3.63, 3.8) is 0 Å². The molecule has 4 rings (SSSR count). The van der Waals surface area contributed by atoms with Gasteiger partial charge in [-0.1, -0.05) is 147 Å². The summed E-state index contributed by atoms with van der Waals surface area (Å²) in [5.74, 6) is 0. The fourth-order valence-electron chi connectivity index (χ4n) is 2.27. The molecule has 0 spiro atoms. The Hall–Kier alpha value is -2.60. The Kier molecular flexibility index (Phi) is 21.4. The van der Waals surface area contributed by atoms with Crippen LogP contribution in [0.4, 0.5) is 0 Å². The molecule has 0 saturated heterocycles. The van der Waals surface area contributed by atoms with Crippen LogP contribution >= 0.6 is 0 Å². The van der Waals surface area contributed by atoms with Gasteiger partial charge in [-0.2, -0.15) is 0 Å². The molecule has 4 aromatic rings. The van der Waals surface area contributed by atoms with Crippen LogP contribution in [0.1, 0.15) is 61.8 Å². The molecular formula is C29H42. The molecular weight excluding hydrogens is 348 g/mol. The normalized spacial score (nSPS) is 8.14. The van der Waals surface area contributed by atoms with Gasteiger partial charge in [-0.05, 0) is 33.7 Å². The van der Waals surface area contributed by atoms with Crippen molar-refractivity contribution in [2.45, 2.75) is 61.8 Å². The predicted molar refractivity (Wildman–Crippen MR) is 138 cm³/mol. The molecule has 0 aliphatic carbocycles. The zero-order valence-electron chi connectivity index (χ0n) is 19.9. The van der Waals surface area contributed by atoms with Crippen LogP contribution in [-0.2, 0) is 0 Å². The van der Waals surface area contributed by atoms with Crippen LogP contribution in [0, 0.1) is 0 Å². The summed E-state index contributed by atoms with van der Waals surface area (Å²) < 4.78 is 0. The lowest BCUT2D eigenvalue weighted by Gasteiger charge is -2.00. The maximum absolute atomic E-state index is 2.24. The first kappa shape index (κ1) is 28.6. The van der Waals surface area contributed by atoms with Crippen LogP contribution in [0.2, 0.25) is 0 Å². The summed E-state index contributed by atoms with van der Waals surface area (Å²) in [4.78, 5) is 0. The largest absolute Gasteiger partial charge is 0.0683 e. The summed E-state index contributed by atoms with van der Waals surface area (Å²) in [7, 11) is 0. The number of rotatable bonds is 0. The van der Waals surface area contributed by atoms with Gasteiger partial charge in [0.1, 0.15) is 0 Å². The molecule has 4 aromatic carbocycles. The van der Waals surface area contributed by atoms with Crippen LogP contribution in [0.25, 0.3) is 21.5 Å². The molecule has 0 nitrogen and oxygen atoms in total. The Balaban J connectivity index is 0. The first-order valence-corrected chi connectivity index (χ1v) is 11.2. The predicted octanol–water partition coefficient (Wildman–Crippen LogP) is 10.2. The molecule has 0 radical (unpaired) electrons. The smallest absolute Gasteiger partial charge is 0.0178 e. The highest BCUT2D eigenvalue weighted by atomic mass is 14.0. The second kappa shape index (κ2) is 21.7. The fourth-order valence-corrected chi connectivity index (χ4v) is 2.27. The number of hydrogen-bond donors (Lipinski definition) is 0. The number of fused-ring (bicyclic) bond motifs is 2. The van der Waals surface area contributed by atoms with Crippen LogP contribution in [0.5, 0.6) is 0 Å². The van der Waals surface area contributed by atoms with E-state index in [0.717, 1.165) is 0 Å². The summed E-state index contributed by atoms with van der Waals surface area (Å²) in [6, 6.07) is 33.4. The Morgan fingerprint density at radius 2 is 0.552 bits per heavy atom. The summed E-state index contributed by atoms with van der Waals surface area (Å²) in [5.41, 5.74) is 0. The highest BCUT2D eigenvalue weighted by Crippen LogP contribution is 2.21. The lowest BCUT2D eigenvalue weighted by atomic mass is 10.0. The molecule has 0 aliphatic heterocycles. The molecule has 158 valence electrons. The Morgan fingerprint density at radius 3 is 0.724 bits per heavy atom. The van der Waals surface area contributed by atoms with E-state index in [1.165, 1.54) is 28.0 Å². The minimum atomic E-state index is 1.25. The van der Waals surface area contributed by atoms with Gasteiger partial charge in [0, 0.05) is 0 Å². The van der Waals surface area contributed by atoms with Crippen LogP contribution in [-0.4, -0.2) is 0 Å². The average Bonchev–Trinajstić information content (AvgIpc) is 2.83. The van der Waals surface area contributed by atoms with Crippen LogP contribution in [0.15, 0.2) is 97.1 Å². The van der Waals surface area contributed by atoms with E-state index >= 15 is 0 Å². The summed E-state index contributed by atoms with van der Waals surface area (Å²) in [6.07, 6.45) is 1.25. The first-order chi connectivity index (χ1) is 14.3. The van der Waals surface area contributed by atoms with Crippen molar-refractivity contribution in [3.8, 4) is 0 Å². The van der Waals surface area contributed by atoms with E-state index in [0.29, 0.717) is 0 Å². The van der Waals surface area contributed by atoms with Crippen molar-refractivity contribution in [1.29, 1.82) is 0 Å². The second-order valence-electron chi connectivity index (χ2n) is 5.41. The van der Waals surface area contributed by atoms with Gasteiger partial charge >= 0.3 is 0 Å². The van der Waals surface area contributed by atoms with Gasteiger partial charge < -0.3 is 0 Å². The summed E-state index contributed by atoms with van der Waals surface area (Å²) >= 11 is 0. The van der Waals surface area contributed by atoms with Crippen molar-refractivity contribution in [1.82, 2.24) is 0 Å². The molecule has 0 unspecified atom stereocenters. The highest BCUT2D eigenvalue weighted by Gasteiger charge is 1.95. The molecule has 0 bridgehead atoms. The average molecular weight is 391 g/mol. The van der Waals surface area contributed by atoms with E-state index in [1.54, 1.807) is 0 Å². The summed E-state index contributed by atoms with van der Waals surface area (Å²) in [5, 5.41) is 5.25. The van der Waals surface area contributed by atoms with E-state index in [9.17, 15) is 0 Å². The zero-order chi connectivity index (χ0) is 22.3. The second-order valence-corrected chi connectivity index (χ2v) is 5.41. The van der Waals surface area contributed by atoms with Gasteiger partial charge in [0.15, 0.2) is 0 Å². The Morgan fingerprint density at radius 1 is 0.379 bits per heavy atom. The van der Waals surface area contributed by atoms with Gasteiger partial charge in [0.2, 0.25) is 0 Å². The zero-order valence-corrected chi connectivity index (χ0v) is 19.9. The molecule has 0 amide bonds. The van der Waals surface area contributed by atoms with Crippen LogP contribution in [0.3, 0.4) is 0 Å². The van der Waals surface area contributed by atoms with Gasteiger partial charge in [-0.15, -0.1) is 0 Å². The SMILES string of the molecule is CC.CC.CC.CCC.c1ccc2cc3ccccc3cc2c1.c1ccccc1. The fraction of sp³-hybridized carbons (Fsp3) is 0.310. The van der Waals surface area contributed by atoms with Crippen molar-refractivity contribution in [2.24, 2.45) is 0 Å². The lowest BCUT2D eigenvalue weighted by molar-refractivity contribution is 1.09.